The fraction of sp³-hybridized carbons (Fsp3) is 0.278. The number of carbonyl (C=O) groups is 1. The van der Waals surface area contributed by atoms with Gasteiger partial charge in [-0.1, -0.05) is 29.4 Å². The topological polar surface area (TPSA) is 84.5 Å². The van der Waals surface area contributed by atoms with Crippen molar-refractivity contribution in [2.24, 2.45) is 0 Å². The maximum atomic E-state index is 12.8. The molecule has 2 aromatic rings. The number of anilines is 1. The fourth-order valence-corrected chi connectivity index (χ4v) is 4.77. The van der Waals surface area contributed by atoms with Crippen LogP contribution in [-0.2, 0) is 10.0 Å². The van der Waals surface area contributed by atoms with Gasteiger partial charge in [0.1, 0.15) is 10.6 Å². The molecule has 0 heterocycles. The second-order valence-electron chi connectivity index (χ2n) is 6.09. The summed E-state index contributed by atoms with van der Waals surface area (Å²) < 4.78 is 58.2. The number of amides is 1. The van der Waals surface area contributed by atoms with E-state index in [9.17, 15) is 22.0 Å². The lowest BCUT2D eigenvalue weighted by Gasteiger charge is -2.15. The summed E-state index contributed by atoms with van der Waals surface area (Å²) in [6.45, 7) is 3.31. The number of benzene rings is 2. The molecular formula is C18H19ClF2N2O4S2. The number of carbonyl (C=O) groups excluding carboxylic acids is 1. The van der Waals surface area contributed by atoms with Gasteiger partial charge in [-0.15, -0.1) is 0 Å². The van der Waals surface area contributed by atoms with Crippen molar-refractivity contribution in [3.05, 3.63) is 47.0 Å². The Labute approximate surface area is 177 Å². The lowest BCUT2D eigenvalue weighted by atomic mass is 10.2. The molecule has 0 radical (unpaired) electrons. The van der Waals surface area contributed by atoms with Gasteiger partial charge in [0.2, 0.25) is 10.0 Å². The smallest absolute Gasteiger partial charge is 0.289 e. The molecule has 2 N–H and O–H groups in total. The zero-order valence-corrected chi connectivity index (χ0v) is 18.1. The molecule has 2 aromatic carbocycles. The number of nitrogens with one attached hydrogen (secondary N) is 2. The maximum Gasteiger partial charge on any atom is 0.289 e. The van der Waals surface area contributed by atoms with Gasteiger partial charge < -0.3 is 10.1 Å². The third-order valence-corrected chi connectivity index (χ3v) is 6.49. The normalized spacial score (nSPS) is 11.7. The minimum atomic E-state index is -3.94. The highest BCUT2D eigenvalue weighted by Crippen LogP contribution is 2.38. The molecular weight excluding hydrogens is 446 g/mol. The Kier molecular flexibility index (Phi) is 7.87. The van der Waals surface area contributed by atoms with Crippen molar-refractivity contribution >= 4 is 45.0 Å². The van der Waals surface area contributed by atoms with Crippen molar-refractivity contribution in [2.75, 3.05) is 12.4 Å². The lowest BCUT2D eigenvalue weighted by molar-refractivity contribution is 0.102. The van der Waals surface area contributed by atoms with Crippen LogP contribution in [0.4, 0.5) is 14.5 Å². The molecule has 2 rings (SSSR count). The van der Waals surface area contributed by atoms with Crippen LogP contribution in [0.1, 0.15) is 24.2 Å². The number of alkyl halides is 2. The highest BCUT2D eigenvalue weighted by Gasteiger charge is 2.23. The minimum Gasteiger partial charge on any atom is -0.495 e. The van der Waals surface area contributed by atoms with Crippen LogP contribution in [0.3, 0.4) is 0 Å². The summed E-state index contributed by atoms with van der Waals surface area (Å²) >= 11 is 6.17. The Morgan fingerprint density at radius 1 is 1.21 bits per heavy atom. The van der Waals surface area contributed by atoms with Gasteiger partial charge in [0.25, 0.3) is 11.7 Å². The molecule has 0 bridgehead atoms. The van der Waals surface area contributed by atoms with E-state index in [0.717, 1.165) is 6.07 Å². The highest BCUT2D eigenvalue weighted by molar-refractivity contribution is 7.99. The van der Waals surface area contributed by atoms with E-state index in [1.54, 1.807) is 13.8 Å². The minimum absolute atomic E-state index is 0.00269. The molecule has 11 heteroatoms. The van der Waals surface area contributed by atoms with Crippen LogP contribution < -0.4 is 14.8 Å². The van der Waals surface area contributed by atoms with Crippen LogP contribution in [-0.4, -0.2) is 33.2 Å². The predicted octanol–water partition coefficient (Wildman–Crippen LogP) is 4.60. The molecule has 0 fully saturated rings. The monoisotopic (exact) mass is 464 g/mol. The largest absolute Gasteiger partial charge is 0.495 e. The summed E-state index contributed by atoms with van der Waals surface area (Å²) in [5, 5.41) is 2.56. The molecule has 0 saturated carbocycles. The second kappa shape index (κ2) is 9.75. The number of hydrogen-bond acceptors (Lipinski definition) is 5. The fourth-order valence-electron chi connectivity index (χ4n) is 2.41. The van der Waals surface area contributed by atoms with Gasteiger partial charge in [-0.05, 0) is 44.2 Å². The quantitative estimate of drug-likeness (QED) is 0.557. The van der Waals surface area contributed by atoms with Crippen LogP contribution in [0.5, 0.6) is 5.75 Å². The molecule has 1 amide bonds. The van der Waals surface area contributed by atoms with E-state index in [4.69, 9.17) is 16.3 Å². The Morgan fingerprint density at radius 3 is 2.48 bits per heavy atom. The average Bonchev–Trinajstić information content (AvgIpc) is 2.62. The molecule has 0 aliphatic rings. The van der Waals surface area contributed by atoms with E-state index in [2.05, 4.69) is 10.0 Å². The summed E-state index contributed by atoms with van der Waals surface area (Å²) in [4.78, 5) is 12.5. The number of ether oxygens (including phenoxy) is 1. The number of rotatable bonds is 8. The summed E-state index contributed by atoms with van der Waals surface area (Å²) in [6.07, 6.45) is 0. The van der Waals surface area contributed by atoms with E-state index in [0.29, 0.717) is 0 Å². The Balaban J connectivity index is 2.41. The van der Waals surface area contributed by atoms with Gasteiger partial charge in [0.05, 0.1) is 22.7 Å². The summed E-state index contributed by atoms with van der Waals surface area (Å²) in [5.41, 5.74) is 0.0937. The van der Waals surface area contributed by atoms with Crippen molar-refractivity contribution in [1.29, 1.82) is 0 Å². The zero-order chi connectivity index (χ0) is 21.8. The van der Waals surface area contributed by atoms with Crippen molar-refractivity contribution in [2.45, 2.75) is 35.4 Å². The Hall–Kier alpha value is -1.88. The molecule has 0 atom stereocenters. The number of sulfonamides is 1. The first-order valence-electron chi connectivity index (χ1n) is 8.30. The highest BCUT2D eigenvalue weighted by atomic mass is 35.5. The van der Waals surface area contributed by atoms with Crippen LogP contribution in [0.2, 0.25) is 5.02 Å². The van der Waals surface area contributed by atoms with Gasteiger partial charge in [0.15, 0.2) is 0 Å². The van der Waals surface area contributed by atoms with Crippen molar-refractivity contribution in [3.63, 3.8) is 0 Å². The number of methoxy groups -OCH3 is 1. The van der Waals surface area contributed by atoms with Crippen molar-refractivity contribution < 1.29 is 26.7 Å². The molecule has 0 spiro atoms. The third kappa shape index (κ3) is 6.05. The number of hydrogen-bond donors (Lipinski definition) is 2. The molecule has 6 nitrogen and oxygen atoms in total. The number of thioether (sulfide) groups is 1. The molecule has 0 aromatic heterocycles. The van der Waals surface area contributed by atoms with Crippen LogP contribution in [0, 0.1) is 0 Å². The van der Waals surface area contributed by atoms with E-state index in [1.807, 2.05) is 0 Å². The molecule has 0 unspecified atom stereocenters. The number of halogens is 3. The Bertz CT molecular complexity index is 1000. The molecule has 0 aliphatic carbocycles. The van der Waals surface area contributed by atoms with Crippen LogP contribution in [0.15, 0.2) is 46.2 Å². The molecule has 0 saturated heterocycles. The average molecular weight is 465 g/mol. The third-order valence-electron chi connectivity index (χ3n) is 3.53. The van der Waals surface area contributed by atoms with E-state index < -0.39 is 21.7 Å². The van der Waals surface area contributed by atoms with Crippen LogP contribution in [0.25, 0.3) is 0 Å². The standard InChI is InChI=1S/C18H19ClF2N2O4S2/c1-10(2)23-29(25,26)15-9-11(7-8-14(15)27-3)17(24)22-13-6-4-5-12(19)16(13)28-18(20)21/h4-10,18,23H,1-3H3,(H,22,24). The van der Waals surface area contributed by atoms with Crippen LogP contribution >= 0.6 is 23.4 Å². The van der Waals surface area contributed by atoms with E-state index >= 15 is 0 Å². The maximum absolute atomic E-state index is 12.8. The zero-order valence-electron chi connectivity index (χ0n) is 15.7. The van der Waals surface area contributed by atoms with Crippen molar-refractivity contribution in [1.82, 2.24) is 4.72 Å². The van der Waals surface area contributed by atoms with Gasteiger partial charge in [-0.2, -0.15) is 8.78 Å². The van der Waals surface area contributed by atoms with Crippen molar-refractivity contribution in [3.8, 4) is 5.75 Å². The molecule has 158 valence electrons. The second-order valence-corrected chi connectivity index (χ2v) is 9.18. The van der Waals surface area contributed by atoms with Gasteiger partial charge in [-0.25, -0.2) is 13.1 Å². The first-order valence-corrected chi connectivity index (χ1v) is 11.0. The van der Waals surface area contributed by atoms with Gasteiger partial charge in [0, 0.05) is 11.6 Å². The van der Waals surface area contributed by atoms with E-state index in [1.165, 1.54) is 37.4 Å². The summed E-state index contributed by atoms with van der Waals surface area (Å²) in [6, 6.07) is 7.85. The van der Waals surface area contributed by atoms with Gasteiger partial charge in [-0.3, -0.25) is 4.79 Å². The summed E-state index contributed by atoms with van der Waals surface area (Å²) in [7, 11) is -2.63. The summed E-state index contributed by atoms with van der Waals surface area (Å²) in [5.74, 6) is -3.36. The Morgan fingerprint density at radius 2 is 1.90 bits per heavy atom. The molecule has 29 heavy (non-hydrogen) atoms. The molecule has 0 aliphatic heterocycles. The van der Waals surface area contributed by atoms with E-state index in [-0.39, 0.29) is 49.6 Å². The SMILES string of the molecule is COc1ccc(C(=O)Nc2cccc(Cl)c2SC(F)F)cc1S(=O)(=O)NC(C)C. The van der Waals surface area contributed by atoms with Gasteiger partial charge >= 0.3 is 0 Å². The first-order chi connectivity index (χ1) is 13.5. The predicted molar refractivity (Wildman–Crippen MR) is 110 cm³/mol. The first kappa shape index (κ1) is 23.4. The lowest BCUT2D eigenvalue weighted by Crippen LogP contribution is -2.30.